The molecule has 1 aromatic heterocycles. The van der Waals surface area contributed by atoms with Gasteiger partial charge in [0.05, 0.1) is 35.2 Å². The van der Waals surface area contributed by atoms with Crippen LogP contribution < -0.4 is 4.74 Å². The summed E-state index contributed by atoms with van der Waals surface area (Å²) in [6.45, 7) is 1.85. The van der Waals surface area contributed by atoms with Crippen LogP contribution in [0.25, 0.3) is 33.3 Å². The van der Waals surface area contributed by atoms with Crippen molar-refractivity contribution >= 4 is 22.6 Å². The van der Waals surface area contributed by atoms with Crippen LogP contribution in [0, 0.1) is 10.1 Å². The van der Waals surface area contributed by atoms with Gasteiger partial charge >= 0.3 is 11.7 Å². The standard InChI is InChI=1S/C25H22N2O5/c1-4-32-25(28)22-21-19(14-15-20(31-3)24(21)27(29)30)26(2)23(22)18-12-10-17(11-13-18)16-8-6-5-7-9-16/h5-15H,4H2,1-3H3. The first kappa shape index (κ1) is 21.1. The number of nitro groups is 1. The molecule has 0 radical (unpaired) electrons. The molecule has 7 heteroatoms. The predicted molar refractivity (Wildman–Crippen MR) is 123 cm³/mol. The molecule has 0 atom stereocenters. The maximum Gasteiger partial charge on any atom is 0.341 e. The monoisotopic (exact) mass is 430 g/mol. The number of nitrogens with zero attached hydrogens (tertiary/aromatic N) is 2. The molecule has 0 aliphatic carbocycles. The van der Waals surface area contributed by atoms with Crippen molar-refractivity contribution in [1.82, 2.24) is 4.57 Å². The summed E-state index contributed by atoms with van der Waals surface area (Å²) in [5.41, 5.74) is 3.84. The van der Waals surface area contributed by atoms with Gasteiger partial charge in [0.25, 0.3) is 0 Å². The first-order valence-corrected chi connectivity index (χ1v) is 10.1. The van der Waals surface area contributed by atoms with Crippen LogP contribution in [0.1, 0.15) is 17.3 Å². The van der Waals surface area contributed by atoms with Crippen molar-refractivity contribution < 1.29 is 19.2 Å². The zero-order valence-corrected chi connectivity index (χ0v) is 18.0. The Hall–Kier alpha value is -4.13. The average Bonchev–Trinajstić information content (AvgIpc) is 3.11. The van der Waals surface area contributed by atoms with Crippen LogP contribution in [0.5, 0.6) is 5.75 Å². The highest BCUT2D eigenvalue weighted by Gasteiger charge is 2.32. The highest BCUT2D eigenvalue weighted by Crippen LogP contribution is 2.43. The predicted octanol–water partition coefficient (Wildman–Crippen LogP) is 5.61. The van der Waals surface area contributed by atoms with Gasteiger partial charge in [-0.15, -0.1) is 0 Å². The van der Waals surface area contributed by atoms with E-state index in [9.17, 15) is 14.9 Å². The van der Waals surface area contributed by atoms with Crippen molar-refractivity contribution in [2.75, 3.05) is 13.7 Å². The van der Waals surface area contributed by atoms with Crippen LogP contribution >= 0.6 is 0 Å². The van der Waals surface area contributed by atoms with Crippen molar-refractivity contribution in [1.29, 1.82) is 0 Å². The first-order chi connectivity index (χ1) is 15.5. The molecular weight excluding hydrogens is 408 g/mol. The van der Waals surface area contributed by atoms with Crippen LogP contribution in [-0.4, -0.2) is 29.2 Å². The Bertz CT molecular complexity index is 1310. The number of nitro benzene ring substituents is 1. The molecule has 0 spiro atoms. The fraction of sp³-hybridized carbons (Fsp3) is 0.160. The Kier molecular flexibility index (Phi) is 5.64. The zero-order chi connectivity index (χ0) is 22.8. The van der Waals surface area contributed by atoms with Gasteiger partial charge in [-0.25, -0.2) is 4.79 Å². The lowest BCUT2D eigenvalue weighted by molar-refractivity contribution is -0.384. The quantitative estimate of drug-likeness (QED) is 0.226. The maximum atomic E-state index is 13.0. The van der Waals surface area contributed by atoms with Gasteiger partial charge in [0.1, 0.15) is 5.56 Å². The number of benzene rings is 3. The van der Waals surface area contributed by atoms with Crippen LogP contribution in [0.2, 0.25) is 0 Å². The van der Waals surface area contributed by atoms with E-state index < -0.39 is 10.9 Å². The van der Waals surface area contributed by atoms with E-state index in [1.165, 1.54) is 13.2 Å². The average molecular weight is 430 g/mol. The molecule has 0 N–H and O–H groups in total. The van der Waals surface area contributed by atoms with Gasteiger partial charge in [-0.3, -0.25) is 10.1 Å². The fourth-order valence-electron chi connectivity index (χ4n) is 4.03. The van der Waals surface area contributed by atoms with E-state index in [0.29, 0.717) is 11.2 Å². The number of aromatic nitrogens is 1. The molecule has 0 saturated carbocycles. The Morgan fingerprint density at radius 3 is 2.19 bits per heavy atom. The summed E-state index contributed by atoms with van der Waals surface area (Å²) in [6, 6.07) is 20.9. The molecule has 4 rings (SSSR count). The Morgan fingerprint density at radius 2 is 1.59 bits per heavy atom. The van der Waals surface area contributed by atoms with Crippen molar-refractivity contribution in [2.45, 2.75) is 6.92 Å². The molecule has 0 aliphatic rings. The van der Waals surface area contributed by atoms with Gasteiger partial charge in [0.2, 0.25) is 0 Å². The number of fused-ring (bicyclic) bond motifs is 1. The molecule has 0 saturated heterocycles. The Labute approximate surface area is 185 Å². The van der Waals surface area contributed by atoms with Crippen molar-refractivity contribution in [3.05, 3.63) is 82.4 Å². The lowest BCUT2D eigenvalue weighted by Crippen LogP contribution is -2.07. The number of ether oxygens (including phenoxy) is 2. The van der Waals surface area contributed by atoms with E-state index in [0.717, 1.165) is 16.7 Å². The van der Waals surface area contributed by atoms with Crippen molar-refractivity contribution in [2.24, 2.45) is 7.05 Å². The smallest absolute Gasteiger partial charge is 0.341 e. The summed E-state index contributed by atoms with van der Waals surface area (Å²) in [4.78, 5) is 24.5. The summed E-state index contributed by atoms with van der Waals surface area (Å²) in [5, 5.41) is 12.2. The Balaban J connectivity index is 1.99. The van der Waals surface area contributed by atoms with Gasteiger partial charge < -0.3 is 14.0 Å². The lowest BCUT2D eigenvalue weighted by Gasteiger charge is -2.09. The van der Waals surface area contributed by atoms with Crippen LogP contribution in [0.3, 0.4) is 0 Å². The number of esters is 1. The number of aryl methyl sites for hydroxylation is 1. The minimum Gasteiger partial charge on any atom is -0.490 e. The van der Waals surface area contributed by atoms with E-state index in [4.69, 9.17) is 9.47 Å². The number of rotatable bonds is 6. The number of methoxy groups -OCH3 is 1. The first-order valence-electron chi connectivity index (χ1n) is 10.1. The van der Waals surface area contributed by atoms with Crippen molar-refractivity contribution in [3.8, 4) is 28.1 Å². The van der Waals surface area contributed by atoms with Gasteiger partial charge in [-0.05, 0) is 35.7 Å². The minimum atomic E-state index is -0.614. The number of carbonyl (C=O) groups is 1. The van der Waals surface area contributed by atoms with E-state index in [1.807, 2.05) is 54.6 Å². The van der Waals surface area contributed by atoms with Gasteiger partial charge in [-0.2, -0.15) is 0 Å². The van der Waals surface area contributed by atoms with E-state index >= 15 is 0 Å². The molecule has 0 fully saturated rings. The summed E-state index contributed by atoms with van der Waals surface area (Å²) >= 11 is 0. The molecule has 4 aromatic rings. The van der Waals surface area contributed by atoms with Crippen LogP contribution in [-0.2, 0) is 11.8 Å². The molecule has 0 bridgehead atoms. The second kappa shape index (κ2) is 8.55. The summed E-state index contributed by atoms with van der Waals surface area (Å²) < 4.78 is 12.3. The molecule has 7 nitrogen and oxygen atoms in total. The van der Waals surface area contributed by atoms with E-state index in [-0.39, 0.29) is 29.0 Å². The number of hydrogen-bond donors (Lipinski definition) is 0. The zero-order valence-electron chi connectivity index (χ0n) is 18.0. The SMILES string of the molecule is CCOC(=O)c1c(-c2ccc(-c3ccccc3)cc2)n(C)c2ccc(OC)c([N+](=O)[O-])c12. The van der Waals surface area contributed by atoms with Gasteiger partial charge in [0.15, 0.2) is 5.75 Å². The molecule has 3 aromatic carbocycles. The third-order valence-electron chi connectivity index (χ3n) is 5.45. The largest absolute Gasteiger partial charge is 0.490 e. The molecule has 162 valence electrons. The fourth-order valence-corrected chi connectivity index (χ4v) is 4.03. The third kappa shape index (κ3) is 3.47. The van der Waals surface area contributed by atoms with E-state index in [2.05, 4.69) is 0 Å². The van der Waals surface area contributed by atoms with E-state index in [1.54, 1.807) is 24.6 Å². The molecule has 0 amide bonds. The third-order valence-corrected chi connectivity index (χ3v) is 5.45. The van der Waals surface area contributed by atoms with Gasteiger partial charge in [0, 0.05) is 7.05 Å². The van der Waals surface area contributed by atoms with Crippen LogP contribution in [0.4, 0.5) is 5.69 Å². The summed E-state index contributed by atoms with van der Waals surface area (Å²) in [5.74, 6) is -0.527. The Morgan fingerprint density at radius 1 is 0.969 bits per heavy atom. The molecule has 0 aliphatic heterocycles. The topological polar surface area (TPSA) is 83.6 Å². The number of hydrogen-bond acceptors (Lipinski definition) is 5. The molecular formula is C25H22N2O5. The highest BCUT2D eigenvalue weighted by atomic mass is 16.6. The van der Waals surface area contributed by atoms with Crippen LogP contribution in [0.15, 0.2) is 66.7 Å². The second-order valence-corrected chi connectivity index (χ2v) is 7.21. The highest BCUT2D eigenvalue weighted by molar-refractivity contribution is 6.14. The van der Waals surface area contributed by atoms with Crippen molar-refractivity contribution in [3.63, 3.8) is 0 Å². The molecule has 0 unspecified atom stereocenters. The van der Waals surface area contributed by atoms with Gasteiger partial charge in [-0.1, -0.05) is 54.6 Å². The lowest BCUT2D eigenvalue weighted by atomic mass is 10.00. The summed E-state index contributed by atoms with van der Waals surface area (Å²) in [6.07, 6.45) is 0. The number of carbonyl (C=O) groups excluding carboxylic acids is 1. The molecule has 1 heterocycles. The normalized spacial score (nSPS) is 10.8. The maximum absolute atomic E-state index is 13.0. The minimum absolute atomic E-state index is 0.0876. The molecule has 32 heavy (non-hydrogen) atoms. The summed E-state index contributed by atoms with van der Waals surface area (Å²) in [7, 11) is 3.14. The second-order valence-electron chi connectivity index (χ2n) is 7.21.